The molecule has 2 rings (SSSR count). The molecule has 1 heterocycles. The second-order valence-corrected chi connectivity index (χ2v) is 5.42. The topological polar surface area (TPSA) is 26.0 Å². The van der Waals surface area contributed by atoms with Gasteiger partial charge in [-0.25, -0.2) is 0 Å². The van der Waals surface area contributed by atoms with Crippen LogP contribution in [-0.4, -0.2) is 17.5 Å². The number of rotatable bonds is 3. The van der Waals surface area contributed by atoms with Gasteiger partial charge < -0.3 is 5.73 Å². The summed E-state index contributed by atoms with van der Waals surface area (Å²) < 4.78 is 0. The van der Waals surface area contributed by atoms with Crippen LogP contribution in [0.3, 0.4) is 0 Å². The maximum atomic E-state index is 6.17. The van der Waals surface area contributed by atoms with Crippen molar-refractivity contribution in [2.75, 3.05) is 11.5 Å². The van der Waals surface area contributed by atoms with Crippen LogP contribution >= 0.6 is 11.8 Å². The summed E-state index contributed by atoms with van der Waals surface area (Å²) in [5.41, 5.74) is 6.17. The van der Waals surface area contributed by atoms with Crippen molar-refractivity contribution in [2.24, 2.45) is 17.6 Å². The predicted molar refractivity (Wildman–Crippen MR) is 59.9 cm³/mol. The van der Waals surface area contributed by atoms with Gasteiger partial charge in [-0.1, -0.05) is 12.2 Å². The maximum Gasteiger partial charge on any atom is 0.00856 e. The highest BCUT2D eigenvalue weighted by Crippen LogP contribution is 2.31. The molecule has 0 aromatic rings. The number of hydrogen-bond acceptors (Lipinski definition) is 2. The van der Waals surface area contributed by atoms with Crippen LogP contribution in [0.15, 0.2) is 12.2 Å². The summed E-state index contributed by atoms with van der Waals surface area (Å²) in [6.07, 6.45) is 9.81. The van der Waals surface area contributed by atoms with Crippen molar-refractivity contribution in [1.82, 2.24) is 0 Å². The number of nitrogens with two attached hydrogens (primary N) is 1. The molecule has 1 aliphatic heterocycles. The zero-order valence-electron chi connectivity index (χ0n) is 8.11. The summed E-state index contributed by atoms with van der Waals surface area (Å²) in [7, 11) is 0. The Morgan fingerprint density at radius 2 is 2.23 bits per heavy atom. The van der Waals surface area contributed by atoms with Gasteiger partial charge in [0.25, 0.3) is 0 Å². The summed E-state index contributed by atoms with van der Waals surface area (Å²) >= 11 is 2.04. The van der Waals surface area contributed by atoms with E-state index in [1.54, 1.807) is 0 Å². The Morgan fingerprint density at radius 1 is 1.38 bits per heavy atom. The third-order valence-electron chi connectivity index (χ3n) is 3.25. The molecule has 1 nitrogen and oxygen atoms in total. The van der Waals surface area contributed by atoms with Crippen molar-refractivity contribution in [3.05, 3.63) is 12.2 Å². The molecule has 0 aromatic heterocycles. The first kappa shape index (κ1) is 9.60. The summed E-state index contributed by atoms with van der Waals surface area (Å²) in [5, 5.41) is 0. The molecule has 2 unspecified atom stereocenters. The molecule has 1 fully saturated rings. The van der Waals surface area contributed by atoms with E-state index in [0.29, 0.717) is 6.04 Å². The first-order chi connectivity index (χ1) is 6.36. The van der Waals surface area contributed by atoms with Crippen LogP contribution in [0.2, 0.25) is 0 Å². The van der Waals surface area contributed by atoms with Crippen molar-refractivity contribution in [2.45, 2.75) is 31.7 Å². The molecule has 0 spiro atoms. The van der Waals surface area contributed by atoms with Gasteiger partial charge in [0.2, 0.25) is 0 Å². The highest BCUT2D eigenvalue weighted by Gasteiger charge is 2.27. The average molecular weight is 197 g/mol. The van der Waals surface area contributed by atoms with E-state index in [-0.39, 0.29) is 0 Å². The fraction of sp³-hybridized carbons (Fsp3) is 0.818. The lowest BCUT2D eigenvalue weighted by Gasteiger charge is -2.33. The molecule has 13 heavy (non-hydrogen) atoms. The van der Waals surface area contributed by atoms with Crippen LogP contribution in [0.1, 0.15) is 25.7 Å². The molecule has 0 amide bonds. The highest BCUT2D eigenvalue weighted by atomic mass is 32.2. The van der Waals surface area contributed by atoms with Gasteiger partial charge in [0.15, 0.2) is 0 Å². The van der Waals surface area contributed by atoms with Gasteiger partial charge in [0.1, 0.15) is 0 Å². The first-order valence-corrected chi connectivity index (χ1v) is 6.50. The van der Waals surface area contributed by atoms with Crippen molar-refractivity contribution >= 4 is 11.8 Å². The van der Waals surface area contributed by atoms with Crippen molar-refractivity contribution in [1.29, 1.82) is 0 Å². The fourth-order valence-electron chi connectivity index (χ4n) is 2.15. The average Bonchev–Trinajstić information content (AvgIpc) is 2.02. The maximum absolute atomic E-state index is 6.17. The van der Waals surface area contributed by atoms with E-state index in [4.69, 9.17) is 5.73 Å². The van der Waals surface area contributed by atoms with Crippen molar-refractivity contribution in [3.63, 3.8) is 0 Å². The van der Waals surface area contributed by atoms with Crippen LogP contribution in [0.25, 0.3) is 0 Å². The van der Waals surface area contributed by atoms with Gasteiger partial charge in [-0.05, 0) is 49.0 Å². The van der Waals surface area contributed by atoms with Crippen LogP contribution in [0.5, 0.6) is 0 Å². The Kier molecular flexibility index (Phi) is 3.33. The molecule has 2 atom stereocenters. The van der Waals surface area contributed by atoms with Crippen LogP contribution < -0.4 is 5.73 Å². The second kappa shape index (κ2) is 4.52. The quantitative estimate of drug-likeness (QED) is 0.703. The van der Waals surface area contributed by atoms with E-state index in [0.717, 1.165) is 11.8 Å². The molecular formula is C11H19NS. The van der Waals surface area contributed by atoms with Gasteiger partial charge >= 0.3 is 0 Å². The summed E-state index contributed by atoms with van der Waals surface area (Å²) in [5.74, 6) is 4.33. The minimum atomic E-state index is 0.484. The monoisotopic (exact) mass is 197 g/mol. The Balaban J connectivity index is 1.72. The third-order valence-corrected chi connectivity index (χ3v) is 4.58. The molecule has 2 N–H and O–H groups in total. The third kappa shape index (κ3) is 2.50. The molecule has 0 saturated carbocycles. The minimum absolute atomic E-state index is 0.484. The van der Waals surface area contributed by atoms with Crippen molar-refractivity contribution < 1.29 is 0 Å². The molecule has 74 valence electrons. The van der Waals surface area contributed by atoms with Crippen LogP contribution in [0, 0.1) is 11.8 Å². The fourth-order valence-corrected chi connectivity index (χ4v) is 3.15. The largest absolute Gasteiger partial charge is 0.327 e. The van der Waals surface area contributed by atoms with Crippen LogP contribution in [-0.2, 0) is 0 Å². The molecule has 1 saturated heterocycles. The van der Waals surface area contributed by atoms with E-state index in [2.05, 4.69) is 12.2 Å². The first-order valence-electron chi connectivity index (χ1n) is 5.34. The number of allylic oxidation sites excluding steroid dienone is 2. The molecule has 2 heteroatoms. The Hall–Kier alpha value is 0.0500. The zero-order valence-corrected chi connectivity index (χ0v) is 8.93. The van der Waals surface area contributed by atoms with E-state index >= 15 is 0 Å². The van der Waals surface area contributed by atoms with Gasteiger partial charge in [-0.2, -0.15) is 11.8 Å². The summed E-state index contributed by atoms with van der Waals surface area (Å²) in [6.45, 7) is 0. The lowest BCUT2D eigenvalue weighted by Crippen LogP contribution is -2.39. The predicted octanol–water partition coefficient (Wildman–Crippen LogP) is 2.42. The summed E-state index contributed by atoms with van der Waals surface area (Å²) in [4.78, 5) is 0. The van der Waals surface area contributed by atoms with Gasteiger partial charge in [-0.15, -0.1) is 0 Å². The minimum Gasteiger partial charge on any atom is -0.327 e. The Bertz CT molecular complexity index is 187. The Labute approximate surface area is 85.2 Å². The lowest BCUT2D eigenvalue weighted by molar-refractivity contribution is 0.351. The van der Waals surface area contributed by atoms with Gasteiger partial charge in [-0.3, -0.25) is 0 Å². The zero-order chi connectivity index (χ0) is 9.10. The standard InChI is InChI=1S/C11H19NS/c12-11(10-7-13-8-10)6-9-4-2-1-3-5-9/h1-2,9-11H,3-8,12H2. The van der Waals surface area contributed by atoms with Crippen molar-refractivity contribution in [3.8, 4) is 0 Å². The van der Waals surface area contributed by atoms with E-state index in [1.165, 1.54) is 37.2 Å². The van der Waals surface area contributed by atoms with Crippen LogP contribution in [0.4, 0.5) is 0 Å². The molecule has 2 aliphatic rings. The molecule has 0 bridgehead atoms. The van der Waals surface area contributed by atoms with Gasteiger partial charge in [0.05, 0.1) is 0 Å². The Morgan fingerprint density at radius 3 is 2.77 bits per heavy atom. The smallest absolute Gasteiger partial charge is 0.00856 e. The summed E-state index contributed by atoms with van der Waals surface area (Å²) in [6, 6.07) is 0.484. The molecular weight excluding hydrogens is 178 g/mol. The lowest BCUT2D eigenvalue weighted by atomic mass is 9.85. The van der Waals surface area contributed by atoms with E-state index in [1.807, 2.05) is 11.8 Å². The number of thioether (sulfide) groups is 1. The van der Waals surface area contributed by atoms with Gasteiger partial charge in [0, 0.05) is 6.04 Å². The second-order valence-electron chi connectivity index (χ2n) is 4.35. The highest BCUT2D eigenvalue weighted by molar-refractivity contribution is 8.00. The molecule has 0 aromatic carbocycles. The molecule has 0 radical (unpaired) electrons. The normalized spacial score (nSPS) is 31.3. The van der Waals surface area contributed by atoms with E-state index in [9.17, 15) is 0 Å². The SMILES string of the molecule is NC(CC1CC=CCC1)C1CSC1. The molecule has 1 aliphatic carbocycles. The van der Waals surface area contributed by atoms with E-state index < -0.39 is 0 Å². The number of hydrogen-bond donors (Lipinski definition) is 1.